The second kappa shape index (κ2) is 7.18. The Morgan fingerprint density at radius 1 is 0.786 bits per heavy atom. The molecule has 0 amide bonds. The number of hydrogen-bond acceptors (Lipinski definition) is 2. The molecule has 0 bridgehead atoms. The molecule has 1 N–H and O–H groups in total. The van der Waals surface area contributed by atoms with Gasteiger partial charge in [-0.25, -0.2) is 0 Å². The van der Waals surface area contributed by atoms with Crippen LogP contribution in [-0.4, -0.2) is 0 Å². The van der Waals surface area contributed by atoms with Crippen LogP contribution in [0.25, 0.3) is 32.3 Å². The van der Waals surface area contributed by atoms with Gasteiger partial charge >= 0.3 is 0 Å². The van der Waals surface area contributed by atoms with Crippen LogP contribution >= 0.6 is 7.07 Å². The van der Waals surface area contributed by atoms with Gasteiger partial charge in [-0.2, -0.15) is 0 Å². The molecule has 0 aromatic heterocycles. The van der Waals surface area contributed by atoms with E-state index >= 15 is 0 Å². The van der Waals surface area contributed by atoms with Crippen molar-refractivity contribution in [1.82, 2.24) is 5.09 Å². The monoisotopic (exact) mass is 401 g/mol. The summed E-state index contributed by atoms with van der Waals surface area (Å²) in [6.45, 7) is 2.85. The first-order valence-electron chi connectivity index (χ1n) is 9.37. The number of hydrogen-bond donors (Lipinski definition) is 1. The Balaban J connectivity index is 1.49. The maximum absolute atomic E-state index is 6.24. The van der Waals surface area contributed by atoms with Crippen molar-refractivity contribution in [2.24, 2.45) is 0 Å². The Hall–Kier alpha value is -2.45. The minimum absolute atomic E-state index is 0.732. The van der Waals surface area contributed by atoms with Gasteiger partial charge in [-0.05, 0) is 63.5 Å². The molecule has 4 heteroatoms. The predicted molar refractivity (Wildman–Crippen MR) is 124 cm³/mol. The summed E-state index contributed by atoms with van der Waals surface area (Å²) in [4.78, 5) is 0. The molecule has 0 radical (unpaired) electrons. The fourth-order valence-electron chi connectivity index (χ4n) is 3.91. The molecule has 138 valence electrons. The van der Waals surface area contributed by atoms with Crippen LogP contribution in [0.2, 0.25) is 0 Å². The maximum atomic E-state index is 6.24. The predicted octanol–water partition coefficient (Wildman–Crippen LogP) is 6.57. The lowest BCUT2D eigenvalue weighted by Gasteiger charge is -2.16. The van der Waals surface area contributed by atoms with E-state index in [9.17, 15) is 0 Å². The molecule has 0 saturated heterocycles. The molecular formula is C24H20NOPS. The molecule has 28 heavy (non-hydrogen) atoms. The minimum Gasteiger partial charge on any atom is -0.455 e. The summed E-state index contributed by atoms with van der Waals surface area (Å²) in [6.07, 6.45) is 0. The highest BCUT2D eigenvalue weighted by molar-refractivity contribution is 8.02. The molecule has 0 aliphatic carbocycles. The highest BCUT2D eigenvalue weighted by Crippen LogP contribution is 2.40. The molecule has 1 unspecified atom stereocenters. The molecule has 0 aliphatic heterocycles. The van der Waals surface area contributed by atoms with Crippen molar-refractivity contribution in [2.75, 3.05) is 0 Å². The van der Waals surface area contributed by atoms with Gasteiger partial charge in [-0.1, -0.05) is 66.7 Å². The molecule has 5 aromatic carbocycles. The normalized spacial score (nSPS) is 12.8. The van der Waals surface area contributed by atoms with Crippen molar-refractivity contribution < 1.29 is 4.52 Å². The van der Waals surface area contributed by atoms with Gasteiger partial charge in [0.2, 0.25) is 0 Å². The molecule has 1 atom stereocenters. The zero-order valence-corrected chi connectivity index (χ0v) is 17.3. The lowest BCUT2D eigenvalue weighted by atomic mass is 9.94. The van der Waals surface area contributed by atoms with Crippen LogP contribution in [0.4, 0.5) is 0 Å². The molecule has 0 spiro atoms. The summed E-state index contributed by atoms with van der Waals surface area (Å²) in [7, 11) is -1.59. The molecule has 5 aromatic rings. The summed E-state index contributed by atoms with van der Waals surface area (Å²) in [5.74, 6) is 0.868. The topological polar surface area (TPSA) is 21.3 Å². The van der Waals surface area contributed by atoms with Crippen LogP contribution < -0.4 is 9.61 Å². The van der Waals surface area contributed by atoms with Crippen molar-refractivity contribution in [2.45, 2.75) is 13.5 Å². The van der Waals surface area contributed by atoms with Gasteiger partial charge in [0.25, 0.3) is 0 Å². The van der Waals surface area contributed by atoms with Crippen LogP contribution in [0, 0.1) is 6.92 Å². The lowest BCUT2D eigenvalue weighted by molar-refractivity contribution is 0.622. The van der Waals surface area contributed by atoms with Crippen LogP contribution in [-0.2, 0) is 18.4 Å². The molecule has 0 fully saturated rings. The van der Waals surface area contributed by atoms with E-state index in [0.29, 0.717) is 0 Å². The van der Waals surface area contributed by atoms with Gasteiger partial charge in [0.15, 0.2) is 7.07 Å². The molecule has 5 rings (SSSR count). The van der Waals surface area contributed by atoms with E-state index in [1.807, 2.05) is 6.07 Å². The van der Waals surface area contributed by atoms with Gasteiger partial charge in [-0.15, -0.1) is 0 Å². The summed E-state index contributed by atoms with van der Waals surface area (Å²) < 4.78 is 6.24. The first-order valence-corrected chi connectivity index (χ1v) is 11.9. The van der Waals surface area contributed by atoms with E-state index in [4.69, 9.17) is 16.3 Å². The van der Waals surface area contributed by atoms with Crippen molar-refractivity contribution in [3.05, 3.63) is 90.0 Å². The standard InChI is InChI=1S/C24H20NOPS/c1-16-5-2-3-6-20(16)15-25-27(28)26-22-14-12-19-10-9-17-7-4-8-18-11-13-21(22)24(19)23(17)18/h2-14,27H,15H2,1H3,(H,25,28). The van der Waals surface area contributed by atoms with Gasteiger partial charge < -0.3 is 4.52 Å². The fraction of sp³-hybridized carbons (Fsp3) is 0.0833. The Morgan fingerprint density at radius 3 is 2.25 bits per heavy atom. The summed E-state index contributed by atoms with van der Waals surface area (Å²) in [6, 6.07) is 27.7. The Morgan fingerprint density at radius 2 is 1.46 bits per heavy atom. The SMILES string of the molecule is Cc1ccccc1CN[PH](=S)Oc1ccc2ccc3cccc4ccc1c2c34. The third kappa shape index (κ3) is 3.06. The van der Waals surface area contributed by atoms with Crippen molar-refractivity contribution in [1.29, 1.82) is 0 Å². The average Bonchev–Trinajstić information content (AvgIpc) is 2.72. The second-order valence-electron chi connectivity index (χ2n) is 7.09. The van der Waals surface area contributed by atoms with Crippen LogP contribution in [0.15, 0.2) is 78.9 Å². The Bertz CT molecular complexity index is 1310. The highest BCUT2D eigenvalue weighted by Gasteiger charge is 2.12. The Kier molecular flexibility index (Phi) is 4.52. The van der Waals surface area contributed by atoms with Crippen LogP contribution in [0.3, 0.4) is 0 Å². The summed E-state index contributed by atoms with van der Waals surface area (Å²) in [5.41, 5.74) is 2.52. The lowest BCUT2D eigenvalue weighted by Crippen LogP contribution is -2.07. The highest BCUT2D eigenvalue weighted by atomic mass is 32.4. The van der Waals surface area contributed by atoms with Crippen LogP contribution in [0.1, 0.15) is 11.1 Å². The second-order valence-corrected chi connectivity index (χ2v) is 9.33. The van der Waals surface area contributed by atoms with E-state index in [0.717, 1.165) is 17.7 Å². The van der Waals surface area contributed by atoms with E-state index < -0.39 is 7.07 Å². The van der Waals surface area contributed by atoms with E-state index in [2.05, 4.69) is 84.8 Å². The first kappa shape index (κ1) is 17.6. The zero-order valence-electron chi connectivity index (χ0n) is 15.5. The van der Waals surface area contributed by atoms with Gasteiger partial charge in [0.1, 0.15) is 5.75 Å². The largest absolute Gasteiger partial charge is 0.455 e. The fourth-order valence-corrected chi connectivity index (χ4v) is 5.18. The number of aryl methyl sites for hydroxylation is 1. The summed E-state index contributed by atoms with van der Waals surface area (Å²) in [5, 5.41) is 10.9. The van der Waals surface area contributed by atoms with Gasteiger partial charge in [-0.3, -0.25) is 5.09 Å². The molecule has 2 nitrogen and oxygen atoms in total. The molecular weight excluding hydrogens is 381 g/mol. The summed E-state index contributed by atoms with van der Waals surface area (Å²) >= 11 is 5.65. The average molecular weight is 401 g/mol. The van der Waals surface area contributed by atoms with Gasteiger partial charge in [0.05, 0.1) is 0 Å². The van der Waals surface area contributed by atoms with Crippen molar-refractivity contribution in [3.8, 4) is 5.75 Å². The molecule has 0 aliphatic rings. The van der Waals surface area contributed by atoms with Crippen molar-refractivity contribution >= 4 is 51.2 Å². The third-order valence-corrected chi connectivity index (χ3v) is 6.93. The number of nitrogens with one attached hydrogen (secondary N) is 1. The van der Waals surface area contributed by atoms with Crippen LogP contribution in [0.5, 0.6) is 5.75 Å². The number of rotatable bonds is 5. The van der Waals surface area contributed by atoms with E-state index in [1.165, 1.54) is 38.1 Å². The minimum atomic E-state index is -1.59. The molecule has 0 heterocycles. The molecule has 0 saturated carbocycles. The smallest absolute Gasteiger partial charge is 0.166 e. The quantitative estimate of drug-likeness (QED) is 0.266. The van der Waals surface area contributed by atoms with Crippen molar-refractivity contribution in [3.63, 3.8) is 0 Å². The van der Waals surface area contributed by atoms with E-state index in [1.54, 1.807) is 0 Å². The first-order chi connectivity index (χ1) is 13.7. The van der Waals surface area contributed by atoms with E-state index in [-0.39, 0.29) is 0 Å². The van der Waals surface area contributed by atoms with Gasteiger partial charge in [0, 0.05) is 17.3 Å². The zero-order chi connectivity index (χ0) is 19.1. The third-order valence-electron chi connectivity index (χ3n) is 5.38. The maximum Gasteiger partial charge on any atom is 0.166 e. The number of benzene rings is 5. The Labute approximate surface area is 170 Å².